The van der Waals surface area contributed by atoms with Gasteiger partial charge in [0.15, 0.2) is 0 Å². The molecule has 0 bridgehead atoms. The topological polar surface area (TPSA) is 35.8 Å². The number of benzene rings is 2. The minimum absolute atomic E-state index is 0.116. The Labute approximate surface area is 129 Å². The molecular weight excluding hydrogens is 279 g/mol. The average molecular weight is 298 g/mol. The molecule has 114 valence electrons. The molecule has 0 radical (unpaired) electrons. The second-order valence-electron chi connectivity index (χ2n) is 5.60. The molecule has 3 rings (SSSR count). The molecule has 22 heavy (non-hydrogen) atoms. The molecule has 1 aliphatic rings. The Morgan fingerprint density at radius 3 is 2.64 bits per heavy atom. The van der Waals surface area contributed by atoms with Crippen molar-refractivity contribution in [1.82, 2.24) is 0 Å². The van der Waals surface area contributed by atoms with Crippen LogP contribution in [0.5, 0.6) is 5.75 Å². The van der Waals surface area contributed by atoms with Gasteiger partial charge in [0.05, 0.1) is 5.69 Å². The smallest absolute Gasteiger partial charge is 0.147 e. The molecule has 0 saturated carbocycles. The van der Waals surface area contributed by atoms with Gasteiger partial charge >= 0.3 is 0 Å². The van der Waals surface area contributed by atoms with Gasteiger partial charge < -0.3 is 10.0 Å². The number of hydrogen-bond donors (Lipinski definition) is 1. The predicted octanol–water partition coefficient (Wildman–Crippen LogP) is 4.19. The fourth-order valence-electron chi connectivity index (χ4n) is 2.73. The Bertz CT molecular complexity index is 706. The van der Waals surface area contributed by atoms with E-state index in [-0.39, 0.29) is 11.6 Å². The zero-order valence-electron chi connectivity index (χ0n) is 12.6. The summed E-state index contributed by atoms with van der Waals surface area (Å²) in [6.07, 6.45) is 3.84. The van der Waals surface area contributed by atoms with Crippen LogP contribution >= 0.6 is 0 Å². The van der Waals surface area contributed by atoms with E-state index in [1.54, 1.807) is 30.5 Å². The highest BCUT2D eigenvalue weighted by Gasteiger charge is 2.17. The van der Waals surface area contributed by atoms with Crippen LogP contribution in [0.3, 0.4) is 0 Å². The summed E-state index contributed by atoms with van der Waals surface area (Å²) in [7, 11) is 0. The highest BCUT2D eigenvalue weighted by atomic mass is 19.1. The fraction of sp³-hybridized carbons (Fsp3) is 0.278. The molecular formula is C18H19FN2O. The highest BCUT2D eigenvalue weighted by molar-refractivity contribution is 5.85. The molecule has 1 heterocycles. The van der Waals surface area contributed by atoms with Crippen LogP contribution in [0, 0.1) is 12.7 Å². The van der Waals surface area contributed by atoms with Crippen molar-refractivity contribution in [3.8, 4) is 5.75 Å². The molecule has 0 unspecified atom stereocenters. The Balaban J connectivity index is 1.88. The van der Waals surface area contributed by atoms with Crippen LogP contribution < -0.4 is 4.90 Å². The summed E-state index contributed by atoms with van der Waals surface area (Å²) >= 11 is 0. The Morgan fingerprint density at radius 1 is 1.18 bits per heavy atom. The molecule has 2 aromatic rings. The number of phenols is 1. The van der Waals surface area contributed by atoms with Gasteiger partial charge in [-0.3, -0.25) is 4.99 Å². The van der Waals surface area contributed by atoms with Crippen LogP contribution in [-0.4, -0.2) is 24.4 Å². The molecule has 0 spiro atoms. The van der Waals surface area contributed by atoms with Gasteiger partial charge in [-0.05, 0) is 55.2 Å². The molecule has 2 aromatic carbocycles. The van der Waals surface area contributed by atoms with Gasteiger partial charge in [-0.2, -0.15) is 0 Å². The van der Waals surface area contributed by atoms with E-state index in [1.165, 1.54) is 6.07 Å². The number of hydrogen-bond acceptors (Lipinski definition) is 3. The van der Waals surface area contributed by atoms with E-state index in [0.717, 1.165) is 37.1 Å². The van der Waals surface area contributed by atoms with E-state index < -0.39 is 0 Å². The van der Waals surface area contributed by atoms with Crippen molar-refractivity contribution in [3.05, 3.63) is 53.3 Å². The van der Waals surface area contributed by atoms with Crippen molar-refractivity contribution in [2.45, 2.75) is 19.8 Å². The van der Waals surface area contributed by atoms with Gasteiger partial charge in [-0.25, -0.2) is 4.39 Å². The molecule has 0 aromatic heterocycles. The van der Waals surface area contributed by atoms with E-state index >= 15 is 0 Å². The van der Waals surface area contributed by atoms with Crippen LogP contribution in [0.15, 0.2) is 41.4 Å². The zero-order valence-corrected chi connectivity index (χ0v) is 12.6. The molecule has 1 fully saturated rings. The van der Waals surface area contributed by atoms with Gasteiger partial charge in [-0.15, -0.1) is 0 Å². The number of aliphatic imine (C=N–C) groups is 1. The molecule has 1 saturated heterocycles. The van der Waals surface area contributed by atoms with Crippen molar-refractivity contribution < 1.29 is 9.50 Å². The van der Waals surface area contributed by atoms with Gasteiger partial charge in [0.25, 0.3) is 0 Å². The van der Waals surface area contributed by atoms with Crippen molar-refractivity contribution in [3.63, 3.8) is 0 Å². The summed E-state index contributed by atoms with van der Waals surface area (Å²) in [6.45, 7) is 3.79. The van der Waals surface area contributed by atoms with E-state index in [9.17, 15) is 9.50 Å². The first-order valence-corrected chi connectivity index (χ1v) is 7.52. The first-order chi connectivity index (χ1) is 10.6. The minimum Gasteiger partial charge on any atom is -0.506 e. The number of halogens is 1. The summed E-state index contributed by atoms with van der Waals surface area (Å²) in [6, 6.07) is 10.2. The van der Waals surface area contributed by atoms with Crippen LogP contribution in [0.1, 0.15) is 24.0 Å². The Kier molecular flexibility index (Phi) is 4.09. The Morgan fingerprint density at radius 2 is 1.91 bits per heavy atom. The lowest BCUT2D eigenvalue weighted by Gasteiger charge is -2.19. The molecule has 1 aliphatic heterocycles. The first kappa shape index (κ1) is 14.6. The third kappa shape index (κ3) is 2.96. The lowest BCUT2D eigenvalue weighted by atomic mass is 10.1. The molecule has 4 heteroatoms. The van der Waals surface area contributed by atoms with Gasteiger partial charge in [0.2, 0.25) is 0 Å². The Hall–Kier alpha value is -2.36. The zero-order chi connectivity index (χ0) is 15.5. The summed E-state index contributed by atoms with van der Waals surface area (Å²) < 4.78 is 14.3. The van der Waals surface area contributed by atoms with Gasteiger partial charge in [0, 0.05) is 19.3 Å². The lowest BCUT2D eigenvalue weighted by molar-refractivity contribution is 0.477. The highest BCUT2D eigenvalue weighted by Crippen LogP contribution is 2.28. The predicted molar refractivity (Wildman–Crippen MR) is 87.9 cm³/mol. The number of nitrogens with zero attached hydrogens (tertiary/aromatic N) is 2. The van der Waals surface area contributed by atoms with Crippen molar-refractivity contribution in [1.29, 1.82) is 0 Å². The van der Waals surface area contributed by atoms with Crippen LogP contribution in [-0.2, 0) is 0 Å². The fourth-order valence-corrected chi connectivity index (χ4v) is 2.73. The molecule has 0 amide bonds. The molecule has 0 aliphatic carbocycles. The van der Waals surface area contributed by atoms with Crippen molar-refractivity contribution in [2.24, 2.45) is 4.99 Å². The van der Waals surface area contributed by atoms with E-state index in [1.807, 2.05) is 13.0 Å². The number of para-hydroxylation sites is 2. The van der Waals surface area contributed by atoms with Crippen LogP contribution in [0.2, 0.25) is 0 Å². The van der Waals surface area contributed by atoms with E-state index in [0.29, 0.717) is 11.4 Å². The maximum atomic E-state index is 14.3. The largest absolute Gasteiger partial charge is 0.506 e. The van der Waals surface area contributed by atoms with Gasteiger partial charge in [0.1, 0.15) is 17.3 Å². The summed E-state index contributed by atoms with van der Waals surface area (Å²) in [5.74, 6) is -0.100. The average Bonchev–Trinajstić information content (AvgIpc) is 3.03. The number of aromatic hydroxyl groups is 1. The molecule has 3 nitrogen and oxygen atoms in total. The van der Waals surface area contributed by atoms with Crippen molar-refractivity contribution in [2.75, 3.05) is 18.0 Å². The summed E-state index contributed by atoms with van der Waals surface area (Å²) in [5.41, 5.74) is 2.85. The second-order valence-corrected chi connectivity index (χ2v) is 5.60. The summed E-state index contributed by atoms with van der Waals surface area (Å²) in [5, 5.41) is 9.71. The maximum Gasteiger partial charge on any atom is 0.147 e. The second kappa shape index (κ2) is 6.18. The maximum absolute atomic E-state index is 14.3. The number of rotatable bonds is 3. The van der Waals surface area contributed by atoms with E-state index in [4.69, 9.17) is 0 Å². The number of aryl methyl sites for hydroxylation is 1. The van der Waals surface area contributed by atoms with Crippen LogP contribution in [0.25, 0.3) is 0 Å². The molecule has 0 atom stereocenters. The number of phenolic OH excluding ortho intramolecular Hbond substituents is 1. The normalized spacial score (nSPS) is 14.9. The quantitative estimate of drug-likeness (QED) is 0.862. The minimum atomic E-state index is -0.216. The molecule has 1 N–H and O–H groups in total. The monoisotopic (exact) mass is 298 g/mol. The van der Waals surface area contributed by atoms with Crippen molar-refractivity contribution >= 4 is 17.6 Å². The summed E-state index contributed by atoms with van der Waals surface area (Å²) in [4.78, 5) is 6.34. The lowest BCUT2D eigenvalue weighted by Crippen LogP contribution is -2.19. The van der Waals surface area contributed by atoms with Crippen LogP contribution in [0.4, 0.5) is 15.8 Å². The third-order valence-corrected chi connectivity index (χ3v) is 4.01. The number of anilines is 1. The van der Waals surface area contributed by atoms with E-state index in [2.05, 4.69) is 9.89 Å². The van der Waals surface area contributed by atoms with Gasteiger partial charge in [-0.1, -0.05) is 12.1 Å². The standard InChI is InChI=1S/C18H19FN2O/c1-13-10-17(21-8-4-5-9-21)15(19)11-14(13)12-20-16-6-2-3-7-18(16)22/h2-3,6-7,10-12,22H,4-5,8-9H2,1H3. The first-order valence-electron chi connectivity index (χ1n) is 7.52. The SMILES string of the molecule is Cc1cc(N2CCCC2)c(F)cc1C=Nc1ccccc1O. The third-order valence-electron chi connectivity index (χ3n) is 4.01.